The van der Waals surface area contributed by atoms with E-state index in [1.807, 2.05) is 25.3 Å². The largest absolute Gasteiger partial charge is 0.368 e. The second-order valence-electron chi connectivity index (χ2n) is 4.19. The molecule has 19 heavy (non-hydrogen) atoms. The van der Waals surface area contributed by atoms with Gasteiger partial charge in [0.15, 0.2) is 11.5 Å². The van der Waals surface area contributed by atoms with Crippen molar-refractivity contribution in [1.29, 1.82) is 0 Å². The molecule has 0 fully saturated rings. The van der Waals surface area contributed by atoms with Gasteiger partial charge in [0.2, 0.25) is 5.95 Å². The molecule has 3 aromatic heterocycles. The molecule has 3 rings (SSSR count). The van der Waals surface area contributed by atoms with Crippen LogP contribution < -0.4 is 11.1 Å². The van der Waals surface area contributed by atoms with Gasteiger partial charge in [-0.3, -0.25) is 4.98 Å². The molecule has 0 aliphatic rings. The van der Waals surface area contributed by atoms with Crippen molar-refractivity contribution < 1.29 is 0 Å². The van der Waals surface area contributed by atoms with Gasteiger partial charge in [-0.15, -0.1) is 0 Å². The van der Waals surface area contributed by atoms with Crippen molar-refractivity contribution in [2.24, 2.45) is 0 Å². The number of aromatic nitrogens is 5. The maximum Gasteiger partial charge on any atom is 0.224 e. The van der Waals surface area contributed by atoms with Crippen LogP contribution in [0, 0.1) is 6.92 Å². The first kappa shape index (κ1) is 11.4. The summed E-state index contributed by atoms with van der Waals surface area (Å²) in [5.41, 5.74) is 9.00. The molecule has 0 saturated heterocycles. The molecule has 0 aromatic carbocycles. The Labute approximate surface area is 109 Å². The molecular weight excluding hydrogens is 242 g/mol. The van der Waals surface area contributed by atoms with Gasteiger partial charge in [-0.05, 0) is 18.6 Å². The number of nitrogens with two attached hydrogens (primary N) is 1. The Hall–Kier alpha value is -2.70. The first-order valence-corrected chi connectivity index (χ1v) is 5.84. The highest BCUT2D eigenvalue weighted by molar-refractivity contribution is 5.83. The fraction of sp³-hybridized carbons (Fsp3) is 0.167. The molecule has 3 heterocycles. The number of pyridine rings is 1. The molecule has 0 aliphatic carbocycles. The second kappa shape index (κ2) is 4.52. The lowest BCUT2D eigenvalue weighted by atomic mass is 10.2. The Bertz CT molecular complexity index is 702. The lowest BCUT2D eigenvalue weighted by Crippen LogP contribution is -2.05. The van der Waals surface area contributed by atoms with Crippen LogP contribution in [0.15, 0.2) is 24.7 Å². The molecule has 0 radical (unpaired) electrons. The molecule has 0 aliphatic heterocycles. The summed E-state index contributed by atoms with van der Waals surface area (Å²) in [6.07, 6.45) is 3.40. The van der Waals surface area contributed by atoms with Gasteiger partial charge in [0, 0.05) is 18.4 Å². The zero-order valence-corrected chi connectivity index (χ0v) is 10.4. The van der Waals surface area contributed by atoms with Gasteiger partial charge in [0.25, 0.3) is 0 Å². The number of fused-ring (bicyclic) bond motifs is 1. The smallest absolute Gasteiger partial charge is 0.224 e. The highest BCUT2D eigenvalue weighted by Gasteiger charge is 2.07. The summed E-state index contributed by atoms with van der Waals surface area (Å²) in [6, 6.07) is 3.99. The van der Waals surface area contributed by atoms with Gasteiger partial charge in [-0.1, -0.05) is 6.07 Å². The van der Waals surface area contributed by atoms with E-state index in [4.69, 9.17) is 5.73 Å². The van der Waals surface area contributed by atoms with Crippen LogP contribution in [0.1, 0.15) is 11.3 Å². The van der Waals surface area contributed by atoms with Crippen molar-refractivity contribution in [2.75, 3.05) is 11.1 Å². The van der Waals surface area contributed by atoms with Crippen LogP contribution in [0.3, 0.4) is 0 Å². The molecule has 0 atom stereocenters. The number of nitrogens with one attached hydrogen (secondary N) is 2. The minimum atomic E-state index is 0.198. The number of hydrogen-bond donors (Lipinski definition) is 3. The SMILES string of the molecule is Cc1ccc(CNc2nc(N)nc3nc[nH]c23)cn1. The van der Waals surface area contributed by atoms with Crippen LogP contribution in [0.25, 0.3) is 11.2 Å². The first-order valence-electron chi connectivity index (χ1n) is 5.84. The van der Waals surface area contributed by atoms with Gasteiger partial charge in [-0.25, -0.2) is 4.98 Å². The molecule has 0 spiro atoms. The summed E-state index contributed by atoms with van der Waals surface area (Å²) in [5.74, 6) is 0.838. The number of aryl methyl sites for hydroxylation is 1. The number of rotatable bonds is 3. The maximum absolute atomic E-state index is 5.64. The Morgan fingerprint density at radius 1 is 1.26 bits per heavy atom. The van der Waals surface area contributed by atoms with Crippen LogP contribution in [0.2, 0.25) is 0 Å². The van der Waals surface area contributed by atoms with E-state index in [9.17, 15) is 0 Å². The second-order valence-corrected chi connectivity index (χ2v) is 4.19. The van der Waals surface area contributed by atoms with E-state index in [0.717, 1.165) is 16.8 Å². The maximum atomic E-state index is 5.64. The summed E-state index contributed by atoms with van der Waals surface area (Å²) in [4.78, 5) is 19.5. The zero-order chi connectivity index (χ0) is 13.2. The van der Waals surface area contributed by atoms with E-state index in [2.05, 4.69) is 30.2 Å². The van der Waals surface area contributed by atoms with Crippen molar-refractivity contribution >= 4 is 22.9 Å². The van der Waals surface area contributed by atoms with Crippen LogP contribution in [-0.4, -0.2) is 24.9 Å². The van der Waals surface area contributed by atoms with Crippen LogP contribution in [-0.2, 0) is 6.54 Å². The zero-order valence-electron chi connectivity index (χ0n) is 10.4. The summed E-state index contributed by atoms with van der Waals surface area (Å²) in [5, 5.41) is 3.21. The monoisotopic (exact) mass is 255 g/mol. The highest BCUT2D eigenvalue weighted by atomic mass is 15.1. The Kier molecular flexibility index (Phi) is 2.71. The van der Waals surface area contributed by atoms with Gasteiger partial charge in [0.1, 0.15) is 5.52 Å². The predicted molar refractivity (Wildman–Crippen MR) is 72.4 cm³/mol. The third-order valence-corrected chi connectivity index (χ3v) is 2.74. The molecule has 0 unspecified atom stereocenters. The third-order valence-electron chi connectivity index (χ3n) is 2.74. The number of nitrogen functional groups attached to an aromatic ring is 1. The fourth-order valence-electron chi connectivity index (χ4n) is 1.77. The van der Waals surface area contributed by atoms with E-state index >= 15 is 0 Å². The average Bonchev–Trinajstić information content (AvgIpc) is 2.85. The van der Waals surface area contributed by atoms with Crippen molar-refractivity contribution in [3.8, 4) is 0 Å². The molecule has 96 valence electrons. The van der Waals surface area contributed by atoms with E-state index in [1.165, 1.54) is 0 Å². The standard InChI is InChI=1S/C12H13N7/c1-7-2-3-8(4-14-7)5-15-10-9-11(17-6-16-9)19-12(13)18-10/h2-4,6H,5H2,1H3,(H4,13,15,16,17,18,19). The number of H-pyrrole nitrogens is 1. The Balaban J connectivity index is 1.85. The molecule has 7 heteroatoms. The number of nitrogens with zero attached hydrogens (tertiary/aromatic N) is 4. The van der Waals surface area contributed by atoms with E-state index in [-0.39, 0.29) is 5.95 Å². The fourth-order valence-corrected chi connectivity index (χ4v) is 1.77. The van der Waals surface area contributed by atoms with Crippen LogP contribution in [0.5, 0.6) is 0 Å². The van der Waals surface area contributed by atoms with E-state index < -0.39 is 0 Å². The summed E-state index contributed by atoms with van der Waals surface area (Å²) < 4.78 is 0. The van der Waals surface area contributed by atoms with E-state index in [1.54, 1.807) is 6.33 Å². The minimum Gasteiger partial charge on any atom is -0.368 e. The van der Waals surface area contributed by atoms with Gasteiger partial charge >= 0.3 is 0 Å². The Morgan fingerprint density at radius 2 is 2.16 bits per heavy atom. The van der Waals surface area contributed by atoms with Crippen molar-refractivity contribution in [3.63, 3.8) is 0 Å². The molecule has 3 aromatic rings. The number of aromatic amines is 1. The Morgan fingerprint density at radius 3 is 2.95 bits per heavy atom. The number of hydrogen-bond acceptors (Lipinski definition) is 6. The highest BCUT2D eigenvalue weighted by Crippen LogP contribution is 2.17. The van der Waals surface area contributed by atoms with Crippen molar-refractivity contribution in [2.45, 2.75) is 13.5 Å². The first-order chi connectivity index (χ1) is 9.22. The summed E-state index contributed by atoms with van der Waals surface area (Å²) >= 11 is 0. The van der Waals surface area contributed by atoms with Crippen LogP contribution >= 0.6 is 0 Å². The molecule has 0 saturated carbocycles. The molecular formula is C12H13N7. The molecule has 0 bridgehead atoms. The van der Waals surface area contributed by atoms with Crippen LogP contribution in [0.4, 0.5) is 11.8 Å². The lowest BCUT2D eigenvalue weighted by molar-refractivity contribution is 1.07. The van der Waals surface area contributed by atoms with Gasteiger partial charge < -0.3 is 16.0 Å². The van der Waals surface area contributed by atoms with Gasteiger partial charge in [-0.2, -0.15) is 9.97 Å². The minimum absolute atomic E-state index is 0.198. The topological polar surface area (TPSA) is 105 Å². The number of imidazole rings is 1. The quantitative estimate of drug-likeness (QED) is 0.650. The lowest BCUT2D eigenvalue weighted by Gasteiger charge is -2.07. The molecule has 7 nitrogen and oxygen atoms in total. The van der Waals surface area contributed by atoms with Crippen molar-refractivity contribution in [3.05, 3.63) is 35.9 Å². The number of anilines is 2. The van der Waals surface area contributed by atoms with E-state index in [0.29, 0.717) is 18.0 Å². The van der Waals surface area contributed by atoms with Crippen molar-refractivity contribution in [1.82, 2.24) is 24.9 Å². The normalized spacial score (nSPS) is 10.8. The summed E-state index contributed by atoms with van der Waals surface area (Å²) in [7, 11) is 0. The average molecular weight is 255 g/mol. The van der Waals surface area contributed by atoms with Gasteiger partial charge in [0.05, 0.1) is 6.33 Å². The predicted octanol–water partition coefficient (Wildman–Crippen LogP) is 1.25. The summed E-state index contributed by atoms with van der Waals surface area (Å²) in [6.45, 7) is 2.56. The molecule has 0 amide bonds. The third kappa shape index (κ3) is 2.30. The molecule has 4 N–H and O–H groups in total.